The molecule has 0 bridgehead atoms. The average molecular weight is 426 g/mol. The molecule has 7 nitrogen and oxygen atoms in total. The molecular weight excluding hydrogens is 410 g/mol. The van der Waals surface area contributed by atoms with Crippen molar-refractivity contribution >= 4 is 31.6 Å². The molecular formula is C17H16ClN3O4S2. The van der Waals surface area contributed by atoms with Gasteiger partial charge in [0.05, 0.1) is 15.4 Å². The molecule has 0 saturated carbocycles. The maximum absolute atomic E-state index is 12.8. The largest absolute Gasteiger partial charge is 0.244 e. The van der Waals surface area contributed by atoms with E-state index in [-0.39, 0.29) is 41.5 Å². The summed E-state index contributed by atoms with van der Waals surface area (Å²) >= 11 is 5.87. The summed E-state index contributed by atoms with van der Waals surface area (Å²) in [5.74, 6) is 0. The van der Waals surface area contributed by atoms with Crippen LogP contribution in [-0.4, -0.2) is 51.6 Å². The second kappa shape index (κ2) is 7.58. The Hall–Kier alpha value is -1.96. The molecule has 1 fully saturated rings. The van der Waals surface area contributed by atoms with Gasteiger partial charge in [-0.2, -0.15) is 13.9 Å². The number of sulfonamides is 2. The van der Waals surface area contributed by atoms with Gasteiger partial charge < -0.3 is 0 Å². The summed E-state index contributed by atoms with van der Waals surface area (Å²) in [6.45, 7) is 0.0371. The number of hydrogen-bond acceptors (Lipinski definition) is 5. The van der Waals surface area contributed by atoms with Crippen molar-refractivity contribution < 1.29 is 16.8 Å². The number of nitrogens with zero attached hydrogens (tertiary/aromatic N) is 3. The van der Waals surface area contributed by atoms with Crippen LogP contribution in [-0.2, 0) is 20.0 Å². The van der Waals surface area contributed by atoms with Crippen molar-refractivity contribution in [3.63, 3.8) is 0 Å². The van der Waals surface area contributed by atoms with Gasteiger partial charge in [0, 0.05) is 31.2 Å². The summed E-state index contributed by atoms with van der Waals surface area (Å²) in [5.41, 5.74) is 0.0616. The molecule has 142 valence electrons. The highest BCUT2D eigenvalue weighted by Gasteiger charge is 2.34. The van der Waals surface area contributed by atoms with Gasteiger partial charge in [-0.1, -0.05) is 29.8 Å². The van der Waals surface area contributed by atoms with E-state index in [1.54, 1.807) is 24.3 Å². The van der Waals surface area contributed by atoms with Gasteiger partial charge in [-0.3, -0.25) is 0 Å². The van der Waals surface area contributed by atoms with Crippen LogP contribution in [0.3, 0.4) is 0 Å². The number of rotatable bonds is 4. The molecule has 0 aromatic heterocycles. The zero-order valence-corrected chi connectivity index (χ0v) is 16.5. The van der Waals surface area contributed by atoms with Crippen LogP contribution >= 0.6 is 11.6 Å². The zero-order chi connectivity index (χ0) is 19.7. The molecule has 0 spiro atoms. The summed E-state index contributed by atoms with van der Waals surface area (Å²) in [5, 5.41) is 9.46. The monoisotopic (exact) mass is 425 g/mol. The van der Waals surface area contributed by atoms with Gasteiger partial charge >= 0.3 is 0 Å². The van der Waals surface area contributed by atoms with E-state index < -0.39 is 20.0 Å². The fraction of sp³-hybridized carbons (Fsp3) is 0.235. The normalized spacial score (nSPS) is 16.7. The zero-order valence-electron chi connectivity index (χ0n) is 14.1. The first kappa shape index (κ1) is 19.8. The maximum Gasteiger partial charge on any atom is 0.244 e. The van der Waals surface area contributed by atoms with Crippen molar-refractivity contribution in [3.05, 3.63) is 59.1 Å². The predicted molar refractivity (Wildman–Crippen MR) is 100 cm³/mol. The summed E-state index contributed by atoms with van der Waals surface area (Å²) < 4.78 is 53.5. The van der Waals surface area contributed by atoms with Crippen LogP contribution in [0, 0.1) is 11.3 Å². The Morgan fingerprint density at radius 2 is 1.44 bits per heavy atom. The van der Waals surface area contributed by atoms with Crippen molar-refractivity contribution in [2.24, 2.45) is 0 Å². The quantitative estimate of drug-likeness (QED) is 0.745. The molecule has 0 radical (unpaired) electrons. The third kappa shape index (κ3) is 3.85. The SMILES string of the molecule is N#Cc1ccccc1S(=O)(=O)N1CCN(S(=O)(=O)c2cccc(Cl)c2)CC1. The van der Waals surface area contributed by atoms with Crippen LogP contribution in [0.1, 0.15) is 5.56 Å². The Kier molecular flexibility index (Phi) is 5.55. The molecule has 2 aromatic rings. The Bertz CT molecular complexity index is 1100. The van der Waals surface area contributed by atoms with E-state index in [2.05, 4.69) is 0 Å². The number of hydrogen-bond donors (Lipinski definition) is 0. The molecule has 27 heavy (non-hydrogen) atoms. The van der Waals surface area contributed by atoms with Crippen molar-refractivity contribution in [2.45, 2.75) is 9.79 Å². The second-order valence-corrected chi connectivity index (χ2v) is 10.2. The highest BCUT2D eigenvalue weighted by atomic mass is 35.5. The van der Waals surface area contributed by atoms with Crippen molar-refractivity contribution in [1.29, 1.82) is 5.26 Å². The van der Waals surface area contributed by atoms with Crippen molar-refractivity contribution in [1.82, 2.24) is 8.61 Å². The van der Waals surface area contributed by atoms with E-state index in [1.807, 2.05) is 6.07 Å². The highest BCUT2D eigenvalue weighted by Crippen LogP contribution is 2.24. The van der Waals surface area contributed by atoms with Gasteiger partial charge in [0.25, 0.3) is 0 Å². The fourth-order valence-corrected chi connectivity index (χ4v) is 6.14. The first-order valence-corrected chi connectivity index (χ1v) is 11.3. The molecule has 0 amide bonds. The standard InChI is InChI=1S/C17H16ClN3O4S2/c18-15-5-3-6-16(12-15)26(22,23)20-8-10-21(11-9-20)27(24,25)17-7-2-1-4-14(17)13-19/h1-7,12H,8-11H2. The molecule has 1 heterocycles. The Balaban J connectivity index is 1.80. The Labute approximate surface area is 163 Å². The minimum atomic E-state index is -3.88. The minimum Gasteiger partial charge on any atom is -0.207 e. The Morgan fingerprint density at radius 1 is 0.852 bits per heavy atom. The molecule has 0 unspecified atom stereocenters. The van der Waals surface area contributed by atoms with Gasteiger partial charge in [0.15, 0.2) is 0 Å². The molecule has 1 aliphatic rings. The van der Waals surface area contributed by atoms with Crippen molar-refractivity contribution in [2.75, 3.05) is 26.2 Å². The number of piperazine rings is 1. The number of benzene rings is 2. The molecule has 0 N–H and O–H groups in total. The number of nitriles is 1. The topological polar surface area (TPSA) is 98.5 Å². The van der Waals surface area contributed by atoms with Crippen LogP contribution in [0.15, 0.2) is 58.3 Å². The van der Waals surface area contributed by atoms with E-state index in [1.165, 1.54) is 32.9 Å². The van der Waals surface area contributed by atoms with Gasteiger partial charge in [-0.05, 0) is 30.3 Å². The maximum atomic E-state index is 12.8. The van der Waals surface area contributed by atoms with E-state index in [4.69, 9.17) is 16.9 Å². The van der Waals surface area contributed by atoms with Gasteiger partial charge in [0.2, 0.25) is 20.0 Å². The van der Waals surface area contributed by atoms with Gasteiger partial charge in [-0.25, -0.2) is 16.8 Å². The molecule has 3 rings (SSSR count). The first-order chi connectivity index (χ1) is 12.8. The van der Waals surface area contributed by atoms with Crippen molar-refractivity contribution in [3.8, 4) is 6.07 Å². The smallest absolute Gasteiger partial charge is 0.207 e. The van der Waals surface area contributed by atoms with Crippen LogP contribution in [0.2, 0.25) is 5.02 Å². The van der Waals surface area contributed by atoms with Gasteiger partial charge in [0.1, 0.15) is 6.07 Å². The van der Waals surface area contributed by atoms with E-state index in [9.17, 15) is 16.8 Å². The average Bonchev–Trinajstić information content (AvgIpc) is 2.68. The summed E-state index contributed by atoms with van der Waals surface area (Å²) in [6.07, 6.45) is 0. The summed E-state index contributed by atoms with van der Waals surface area (Å²) in [6, 6.07) is 13.8. The number of halogens is 1. The molecule has 0 atom stereocenters. The van der Waals surface area contributed by atoms with Crippen LogP contribution < -0.4 is 0 Å². The van der Waals surface area contributed by atoms with Crippen LogP contribution in [0.25, 0.3) is 0 Å². The second-order valence-electron chi connectivity index (χ2n) is 5.87. The Morgan fingerprint density at radius 3 is 2.04 bits per heavy atom. The lowest BCUT2D eigenvalue weighted by Crippen LogP contribution is -2.50. The van der Waals surface area contributed by atoms with E-state index in [0.29, 0.717) is 5.02 Å². The van der Waals surface area contributed by atoms with Gasteiger partial charge in [-0.15, -0.1) is 0 Å². The van der Waals surface area contributed by atoms with E-state index in [0.717, 1.165) is 0 Å². The lowest BCUT2D eigenvalue weighted by atomic mass is 10.2. The van der Waals surface area contributed by atoms with Crippen LogP contribution in [0.4, 0.5) is 0 Å². The van der Waals surface area contributed by atoms with Crippen LogP contribution in [0.5, 0.6) is 0 Å². The molecule has 0 aliphatic carbocycles. The predicted octanol–water partition coefficient (Wildman–Crippen LogP) is 1.91. The molecule has 1 aliphatic heterocycles. The first-order valence-electron chi connectivity index (χ1n) is 8.02. The lowest BCUT2D eigenvalue weighted by molar-refractivity contribution is 0.273. The molecule has 2 aromatic carbocycles. The third-order valence-electron chi connectivity index (χ3n) is 4.26. The summed E-state index contributed by atoms with van der Waals surface area (Å²) in [4.78, 5) is -0.000202. The highest BCUT2D eigenvalue weighted by molar-refractivity contribution is 7.89. The lowest BCUT2D eigenvalue weighted by Gasteiger charge is -2.33. The fourth-order valence-electron chi connectivity index (χ4n) is 2.85. The molecule has 1 saturated heterocycles. The third-order valence-corrected chi connectivity index (χ3v) is 8.34. The van der Waals surface area contributed by atoms with E-state index >= 15 is 0 Å². The minimum absolute atomic E-state index is 0.00188. The summed E-state index contributed by atoms with van der Waals surface area (Å²) in [7, 11) is -7.63. The molecule has 10 heteroatoms.